The molecule has 9 heteroatoms. The van der Waals surface area contributed by atoms with Gasteiger partial charge in [0.25, 0.3) is 5.91 Å². The molecule has 4 aromatic rings. The maximum atomic E-state index is 13.1. The van der Waals surface area contributed by atoms with Crippen molar-refractivity contribution in [1.29, 1.82) is 0 Å². The van der Waals surface area contributed by atoms with Crippen LogP contribution in [0.15, 0.2) is 60.7 Å². The molecule has 0 atom stereocenters. The van der Waals surface area contributed by atoms with E-state index in [0.717, 1.165) is 35.3 Å². The van der Waals surface area contributed by atoms with E-state index >= 15 is 0 Å². The highest BCUT2D eigenvalue weighted by Crippen LogP contribution is 2.27. The number of H-pyrrole nitrogens is 1. The Balaban J connectivity index is 1.09. The number of piperidine rings is 1. The molecular weight excluding hydrogens is 447 g/mol. The number of halogens is 1. The Hall–Kier alpha value is -4.01. The predicted molar refractivity (Wildman–Crippen MR) is 131 cm³/mol. The van der Waals surface area contributed by atoms with Crippen LogP contribution in [0.4, 0.5) is 10.2 Å². The number of hydrogen-bond donors (Lipinski definition) is 1. The number of nitrogens with one attached hydrogen (secondary N) is 1. The number of para-hydroxylation sites is 2. The Morgan fingerprint density at radius 2 is 1.86 bits per heavy atom. The molecule has 0 unspecified atom stereocenters. The van der Waals surface area contributed by atoms with Gasteiger partial charge in [0.2, 0.25) is 5.88 Å². The van der Waals surface area contributed by atoms with Gasteiger partial charge >= 0.3 is 0 Å². The van der Waals surface area contributed by atoms with Crippen molar-refractivity contribution in [3.05, 3.63) is 77.9 Å². The molecule has 1 aliphatic heterocycles. The van der Waals surface area contributed by atoms with Crippen LogP contribution in [0.25, 0.3) is 11.0 Å². The van der Waals surface area contributed by atoms with Crippen LogP contribution in [0.3, 0.4) is 0 Å². The molecule has 0 bridgehead atoms. The Kier molecular flexibility index (Phi) is 6.56. The van der Waals surface area contributed by atoms with E-state index in [1.807, 2.05) is 41.1 Å². The molecule has 1 amide bonds. The zero-order valence-electron chi connectivity index (χ0n) is 19.5. The molecule has 0 aliphatic carbocycles. The molecule has 1 N–H and O–H groups in total. The molecule has 0 radical (unpaired) electrons. The summed E-state index contributed by atoms with van der Waals surface area (Å²) in [5, 5.41) is 8.27. The predicted octanol–water partition coefficient (Wildman–Crippen LogP) is 3.91. The smallest absolute Gasteiger partial charge is 0.260 e. The number of anilines is 1. The molecule has 1 saturated heterocycles. The summed E-state index contributed by atoms with van der Waals surface area (Å²) in [5.74, 6) is 1.94. The van der Waals surface area contributed by atoms with Gasteiger partial charge in [-0.25, -0.2) is 9.37 Å². The molecule has 2 aromatic heterocycles. The lowest BCUT2D eigenvalue weighted by Crippen LogP contribution is -2.40. The van der Waals surface area contributed by atoms with E-state index in [2.05, 4.69) is 15.2 Å². The summed E-state index contributed by atoms with van der Waals surface area (Å²) in [7, 11) is 1.88. The summed E-state index contributed by atoms with van der Waals surface area (Å²) < 4.78 is 18.7. The SMILES string of the molecule is CN(Cc1ccc(F)cc1)c1ccc(OCC(=O)N2CCC(c3nc4ccccc4[nH]3)CC2)nn1. The van der Waals surface area contributed by atoms with Crippen molar-refractivity contribution in [1.82, 2.24) is 25.1 Å². The van der Waals surface area contributed by atoms with Crippen LogP contribution in [0.2, 0.25) is 0 Å². The van der Waals surface area contributed by atoms with Crippen LogP contribution in [0, 0.1) is 5.82 Å². The van der Waals surface area contributed by atoms with Crippen LogP contribution < -0.4 is 9.64 Å². The van der Waals surface area contributed by atoms with Crippen molar-refractivity contribution >= 4 is 22.8 Å². The topological polar surface area (TPSA) is 87.2 Å². The number of likely N-dealkylation sites (tertiary alicyclic amines) is 1. The molecule has 0 saturated carbocycles. The third-order valence-electron chi connectivity index (χ3n) is 6.34. The monoisotopic (exact) mass is 474 g/mol. The van der Waals surface area contributed by atoms with Gasteiger partial charge in [-0.05, 0) is 48.7 Å². The minimum atomic E-state index is -0.261. The van der Waals surface area contributed by atoms with Gasteiger partial charge < -0.3 is 19.5 Å². The van der Waals surface area contributed by atoms with Gasteiger partial charge in [-0.3, -0.25) is 4.79 Å². The summed E-state index contributed by atoms with van der Waals surface area (Å²) in [6.45, 7) is 1.83. The van der Waals surface area contributed by atoms with Crippen molar-refractivity contribution in [3.8, 4) is 5.88 Å². The molecule has 35 heavy (non-hydrogen) atoms. The molecule has 2 aromatic carbocycles. The second-order valence-electron chi connectivity index (χ2n) is 8.80. The van der Waals surface area contributed by atoms with Crippen LogP contribution in [0.5, 0.6) is 5.88 Å². The lowest BCUT2D eigenvalue weighted by Gasteiger charge is -2.31. The highest BCUT2D eigenvalue weighted by Gasteiger charge is 2.26. The Morgan fingerprint density at radius 1 is 1.09 bits per heavy atom. The maximum Gasteiger partial charge on any atom is 0.260 e. The highest BCUT2D eigenvalue weighted by atomic mass is 19.1. The zero-order valence-corrected chi connectivity index (χ0v) is 19.5. The lowest BCUT2D eigenvalue weighted by atomic mass is 9.96. The van der Waals surface area contributed by atoms with E-state index < -0.39 is 0 Å². The fourth-order valence-electron chi connectivity index (χ4n) is 4.33. The van der Waals surface area contributed by atoms with E-state index in [1.54, 1.807) is 24.3 Å². The maximum absolute atomic E-state index is 13.1. The Morgan fingerprint density at radius 3 is 2.57 bits per heavy atom. The van der Waals surface area contributed by atoms with Gasteiger partial charge in [0.15, 0.2) is 12.4 Å². The Labute approximate surface area is 202 Å². The standard InChI is InChI=1S/C26H27FN6O2/c1-32(16-18-6-8-20(27)9-7-18)23-10-11-24(31-30-23)35-17-25(34)33-14-12-19(13-15-33)26-28-21-4-2-3-5-22(21)29-26/h2-11,19H,12-17H2,1H3,(H,28,29). The molecule has 180 valence electrons. The second kappa shape index (κ2) is 10.1. The third-order valence-corrected chi connectivity index (χ3v) is 6.34. The molecule has 0 spiro atoms. The number of rotatable bonds is 7. The first-order valence-electron chi connectivity index (χ1n) is 11.7. The molecule has 8 nitrogen and oxygen atoms in total. The van der Waals surface area contributed by atoms with E-state index in [9.17, 15) is 9.18 Å². The van der Waals surface area contributed by atoms with Crippen molar-refractivity contribution in [3.63, 3.8) is 0 Å². The number of carbonyl (C=O) groups excluding carboxylic acids is 1. The number of nitrogens with zero attached hydrogens (tertiary/aromatic N) is 5. The first-order valence-corrected chi connectivity index (χ1v) is 11.7. The number of ether oxygens (including phenoxy) is 1. The van der Waals surface area contributed by atoms with Crippen molar-refractivity contribution < 1.29 is 13.9 Å². The first-order chi connectivity index (χ1) is 17.0. The average molecular weight is 475 g/mol. The summed E-state index contributed by atoms with van der Waals surface area (Å²) >= 11 is 0. The average Bonchev–Trinajstić information content (AvgIpc) is 3.33. The number of aromatic nitrogens is 4. The third kappa shape index (κ3) is 5.40. The molecule has 5 rings (SSSR count). The lowest BCUT2D eigenvalue weighted by molar-refractivity contribution is -0.134. The van der Waals surface area contributed by atoms with Gasteiger partial charge in [-0.15, -0.1) is 10.2 Å². The normalized spacial score (nSPS) is 14.3. The number of fused-ring (bicyclic) bond motifs is 1. The van der Waals surface area contributed by atoms with E-state index in [4.69, 9.17) is 9.72 Å². The van der Waals surface area contributed by atoms with Gasteiger partial charge in [0.1, 0.15) is 11.6 Å². The number of hydrogen-bond acceptors (Lipinski definition) is 6. The molecule has 1 aliphatic rings. The zero-order chi connectivity index (χ0) is 24.2. The Bertz CT molecular complexity index is 1250. The van der Waals surface area contributed by atoms with Crippen LogP contribution in [0.1, 0.15) is 30.1 Å². The minimum absolute atomic E-state index is 0.0626. The number of carbonyl (C=O) groups is 1. The quantitative estimate of drug-likeness (QED) is 0.437. The highest BCUT2D eigenvalue weighted by molar-refractivity contribution is 5.78. The van der Waals surface area contributed by atoms with Crippen LogP contribution >= 0.6 is 0 Å². The molecule has 3 heterocycles. The molecular formula is C26H27FN6O2. The van der Waals surface area contributed by atoms with E-state index in [0.29, 0.717) is 37.3 Å². The van der Waals surface area contributed by atoms with Crippen LogP contribution in [-0.4, -0.2) is 57.7 Å². The summed E-state index contributed by atoms with van der Waals surface area (Å²) in [5.41, 5.74) is 2.98. The van der Waals surface area contributed by atoms with Crippen molar-refractivity contribution in [2.24, 2.45) is 0 Å². The van der Waals surface area contributed by atoms with Crippen molar-refractivity contribution in [2.45, 2.75) is 25.3 Å². The van der Waals surface area contributed by atoms with Gasteiger partial charge in [-0.2, -0.15) is 0 Å². The number of imidazole rings is 1. The fraction of sp³-hybridized carbons (Fsp3) is 0.308. The summed E-state index contributed by atoms with van der Waals surface area (Å²) in [4.78, 5) is 24.5. The van der Waals surface area contributed by atoms with Gasteiger partial charge in [0.05, 0.1) is 11.0 Å². The largest absolute Gasteiger partial charge is 0.466 e. The van der Waals surface area contributed by atoms with E-state index in [-0.39, 0.29) is 18.3 Å². The van der Waals surface area contributed by atoms with Gasteiger partial charge in [0, 0.05) is 38.7 Å². The summed E-state index contributed by atoms with van der Waals surface area (Å²) in [6, 6.07) is 17.8. The first kappa shape index (κ1) is 22.8. The minimum Gasteiger partial charge on any atom is -0.466 e. The fourth-order valence-corrected chi connectivity index (χ4v) is 4.33. The van der Waals surface area contributed by atoms with E-state index in [1.165, 1.54) is 12.1 Å². The van der Waals surface area contributed by atoms with Gasteiger partial charge in [-0.1, -0.05) is 24.3 Å². The van der Waals surface area contributed by atoms with Crippen molar-refractivity contribution in [2.75, 3.05) is 31.6 Å². The second-order valence-corrected chi connectivity index (χ2v) is 8.80. The molecule has 1 fully saturated rings. The number of benzene rings is 2. The van der Waals surface area contributed by atoms with Crippen LogP contribution in [-0.2, 0) is 11.3 Å². The summed E-state index contributed by atoms with van der Waals surface area (Å²) in [6.07, 6.45) is 1.72. The number of amides is 1. The number of aromatic amines is 1.